The van der Waals surface area contributed by atoms with E-state index in [0.717, 1.165) is 23.5 Å². The first-order valence-corrected chi connectivity index (χ1v) is 13.4. The van der Waals surface area contributed by atoms with E-state index in [1.807, 2.05) is 0 Å². The average Bonchev–Trinajstić information content (AvgIpc) is 2.81. The summed E-state index contributed by atoms with van der Waals surface area (Å²) >= 11 is 1.80. The molecule has 214 valence electrons. The van der Waals surface area contributed by atoms with Crippen molar-refractivity contribution in [2.24, 2.45) is 0 Å². The lowest BCUT2D eigenvalue weighted by molar-refractivity contribution is -0.152. The van der Waals surface area contributed by atoms with Gasteiger partial charge in [0.1, 0.15) is 26.4 Å². The van der Waals surface area contributed by atoms with Crippen LogP contribution >= 0.6 is 23.5 Å². The van der Waals surface area contributed by atoms with Crippen molar-refractivity contribution < 1.29 is 47.7 Å². The Kier molecular flexibility index (Phi) is 18.4. The van der Waals surface area contributed by atoms with Gasteiger partial charge in [-0.05, 0) is 13.8 Å². The van der Waals surface area contributed by atoms with Crippen molar-refractivity contribution in [3.63, 3.8) is 0 Å². The molecule has 12 nitrogen and oxygen atoms in total. The fourth-order valence-corrected chi connectivity index (χ4v) is 3.81. The summed E-state index contributed by atoms with van der Waals surface area (Å²) in [5.41, 5.74) is 0.526. The number of amides is 2. The SMILES string of the molecule is C=C(C)C(=O)OCCNC(=O)SC(C)CC(=O)OCCOC(=O)CC(C)SC(=O)NCCOC(=O)C(=C)C. The standard InChI is InChI=1S/C24H36N2O10S2/c1-15(2)21(29)35-9-7-25-23(31)37-17(5)13-19(27)33-11-12-34-20(28)14-18(6)38-24(32)26-8-10-36-22(30)16(3)4/h17-18H,1,3,7-14H2,2,4-6H3,(H,25,31)(H,26,32). The number of carbonyl (C=O) groups is 6. The second kappa shape index (κ2) is 20.0. The summed E-state index contributed by atoms with van der Waals surface area (Å²) in [4.78, 5) is 70.0. The van der Waals surface area contributed by atoms with E-state index in [1.165, 1.54) is 13.8 Å². The van der Waals surface area contributed by atoms with Crippen LogP contribution in [0.2, 0.25) is 0 Å². The van der Waals surface area contributed by atoms with Crippen LogP contribution in [0, 0.1) is 0 Å². The highest BCUT2D eigenvalue weighted by Gasteiger charge is 2.17. The first-order chi connectivity index (χ1) is 17.8. The van der Waals surface area contributed by atoms with E-state index in [4.69, 9.17) is 18.9 Å². The quantitative estimate of drug-likeness (QED) is 0.113. The van der Waals surface area contributed by atoms with E-state index in [2.05, 4.69) is 23.8 Å². The number of hydrogen-bond acceptors (Lipinski definition) is 12. The van der Waals surface area contributed by atoms with Crippen molar-refractivity contribution in [3.8, 4) is 0 Å². The number of thioether (sulfide) groups is 2. The lowest BCUT2D eigenvalue weighted by atomic mass is 10.3. The van der Waals surface area contributed by atoms with E-state index in [1.54, 1.807) is 13.8 Å². The van der Waals surface area contributed by atoms with Crippen molar-refractivity contribution in [3.05, 3.63) is 24.3 Å². The Bertz CT molecular complexity index is 808. The molecule has 0 aromatic rings. The number of rotatable bonds is 17. The number of carbonyl (C=O) groups excluding carboxylic acids is 6. The van der Waals surface area contributed by atoms with Gasteiger partial charge < -0.3 is 29.6 Å². The summed E-state index contributed by atoms with van der Waals surface area (Å²) in [6.07, 6.45) is -0.0717. The van der Waals surface area contributed by atoms with Crippen LogP contribution in [-0.2, 0) is 38.1 Å². The zero-order chi connectivity index (χ0) is 29.1. The molecule has 0 radical (unpaired) electrons. The Morgan fingerprint density at radius 1 is 0.632 bits per heavy atom. The number of hydrogen-bond donors (Lipinski definition) is 2. The number of ether oxygens (including phenoxy) is 4. The van der Waals surface area contributed by atoms with Crippen LogP contribution in [0.25, 0.3) is 0 Å². The second-order valence-electron chi connectivity index (χ2n) is 7.97. The van der Waals surface area contributed by atoms with Crippen LogP contribution in [-0.4, -0.2) is 84.4 Å². The van der Waals surface area contributed by atoms with E-state index < -0.39 is 23.9 Å². The van der Waals surface area contributed by atoms with Crippen LogP contribution in [0.15, 0.2) is 24.3 Å². The van der Waals surface area contributed by atoms with Crippen LogP contribution in [0.4, 0.5) is 9.59 Å². The number of nitrogens with one attached hydrogen (secondary N) is 2. The van der Waals surface area contributed by atoms with Gasteiger partial charge in [0.25, 0.3) is 10.5 Å². The van der Waals surface area contributed by atoms with Crippen molar-refractivity contribution in [2.45, 2.75) is 51.0 Å². The average molecular weight is 577 g/mol. The van der Waals surface area contributed by atoms with E-state index in [0.29, 0.717) is 0 Å². The Hall–Kier alpha value is -3.00. The maximum atomic E-state index is 11.9. The fraction of sp³-hybridized carbons (Fsp3) is 0.583. The summed E-state index contributed by atoms with van der Waals surface area (Å²) in [7, 11) is 0. The van der Waals surface area contributed by atoms with Gasteiger partial charge in [0.15, 0.2) is 0 Å². The zero-order valence-electron chi connectivity index (χ0n) is 22.1. The maximum Gasteiger partial charge on any atom is 0.333 e. The molecule has 0 heterocycles. The lowest BCUT2D eigenvalue weighted by Crippen LogP contribution is -2.27. The van der Waals surface area contributed by atoms with Gasteiger partial charge in [0.05, 0.1) is 25.9 Å². The van der Waals surface area contributed by atoms with Crippen molar-refractivity contribution in [1.29, 1.82) is 0 Å². The molecule has 14 heteroatoms. The molecular formula is C24H36N2O10S2. The van der Waals surface area contributed by atoms with E-state index >= 15 is 0 Å². The molecule has 0 aromatic carbocycles. The summed E-state index contributed by atoms with van der Waals surface area (Å²) in [5, 5.41) is 3.61. The monoisotopic (exact) mass is 576 g/mol. The largest absolute Gasteiger partial charge is 0.462 e. The van der Waals surface area contributed by atoms with Gasteiger partial charge in [0, 0.05) is 21.6 Å². The zero-order valence-corrected chi connectivity index (χ0v) is 23.8. The Morgan fingerprint density at radius 2 is 0.974 bits per heavy atom. The molecule has 0 spiro atoms. The molecular weight excluding hydrogens is 540 g/mol. The van der Waals surface area contributed by atoms with E-state index in [-0.39, 0.29) is 84.5 Å². The van der Waals surface area contributed by atoms with Crippen LogP contribution < -0.4 is 10.6 Å². The minimum Gasteiger partial charge on any atom is -0.462 e. The molecule has 2 amide bonds. The summed E-state index contributed by atoms with van der Waals surface area (Å²) < 4.78 is 19.7. The van der Waals surface area contributed by atoms with E-state index in [9.17, 15) is 28.8 Å². The molecule has 0 fully saturated rings. The molecule has 38 heavy (non-hydrogen) atoms. The third kappa shape index (κ3) is 19.2. The molecule has 0 aliphatic rings. The first kappa shape index (κ1) is 35.0. The maximum absolute atomic E-state index is 11.9. The second-order valence-corrected chi connectivity index (χ2v) is 10.8. The molecule has 0 rings (SSSR count). The molecule has 2 atom stereocenters. The van der Waals surface area contributed by atoms with Gasteiger partial charge in [-0.1, -0.05) is 50.5 Å². The Morgan fingerprint density at radius 3 is 1.29 bits per heavy atom. The van der Waals surface area contributed by atoms with Crippen LogP contribution in [0.5, 0.6) is 0 Å². The van der Waals surface area contributed by atoms with Gasteiger partial charge in [-0.15, -0.1) is 0 Å². The van der Waals surface area contributed by atoms with Gasteiger partial charge in [-0.3, -0.25) is 19.2 Å². The van der Waals surface area contributed by atoms with Crippen LogP contribution in [0.1, 0.15) is 40.5 Å². The molecule has 2 N–H and O–H groups in total. The highest BCUT2D eigenvalue weighted by Crippen LogP contribution is 2.16. The minimum atomic E-state index is -0.557. The topological polar surface area (TPSA) is 163 Å². The first-order valence-electron chi connectivity index (χ1n) is 11.7. The predicted octanol–water partition coefficient (Wildman–Crippen LogP) is 2.75. The predicted molar refractivity (Wildman–Crippen MR) is 144 cm³/mol. The molecule has 0 aromatic heterocycles. The van der Waals surface area contributed by atoms with Crippen molar-refractivity contribution >= 4 is 57.9 Å². The van der Waals surface area contributed by atoms with Gasteiger partial charge in [-0.25, -0.2) is 9.59 Å². The molecule has 0 aliphatic carbocycles. The van der Waals surface area contributed by atoms with Gasteiger partial charge in [-0.2, -0.15) is 0 Å². The normalized spacial score (nSPS) is 11.8. The third-order valence-corrected chi connectivity index (χ3v) is 5.90. The molecule has 0 saturated carbocycles. The smallest absolute Gasteiger partial charge is 0.333 e. The van der Waals surface area contributed by atoms with Crippen molar-refractivity contribution in [1.82, 2.24) is 10.6 Å². The molecule has 0 bridgehead atoms. The lowest BCUT2D eigenvalue weighted by Gasteiger charge is -2.12. The van der Waals surface area contributed by atoms with Gasteiger partial charge >= 0.3 is 23.9 Å². The highest BCUT2D eigenvalue weighted by atomic mass is 32.2. The minimum absolute atomic E-state index is 0.00653. The molecule has 2 unspecified atom stereocenters. The Labute approximate surface area is 231 Å². The van der Waals surface area contributed by atoms with Crippen molar-refractivity contribution in [2.75, 3.05) is 39.5 Å². The van der Waals surface area contributed by atoms with Crippen LogP contribution in [0.3, 0.4) is 0 Å². The number of esters is 4. The Balaban J connectivity index is 3.93. The fourth-order valence-electron chi connectivity index (χ4n) is 2.27. The molecule has 0 saturated heterocycles. The highest BCUT2D eigenvalue weighted by molar-refractivity contribution is 8.14. The summed E-state index contributed by atoms with van der Waals surface area (Å²) in [5.74, 6) is -2.19. The third-order valence-electron chi connectivity index (χ3n) is 4.04. The van der Waals surface area contributed by atoms with Gasteiger partial charge in [0.2, 0.25) is 0 Å². The summed E-state index contributed by atoms with van der Waals surface area (Å²) in [6, 6.07) is 0. The molecule has 0 aliphatic heterocycles. The summed E-state index contributed by atoms with van der Waals surface area (Å²) in [6.45, 7) is 13.3.